The summed E-state index contributed by atoms with van der Waals surface area (Å²) in [6, 6.07) is 9.92. The van der Waals surface area contributed by atoms with E-state index in [0.717, 1.165) is 0 Å². The number of anilines is 1. The fourth-order valence-electron chi connectivity index (χ4n) is 2.90. The normalized spacial score (nSPS) is 10.9. The molecule has 0 fully saturated rings. The maximum absolute atomic E-state index is 14.1. The molecule has 0 spiro atoms. The van der Waals surface area contributed by atoms with Gasteiger partial charge in [0.15, 0.2) is 5.82 Å². The van der Waals surface area contributed by atoms with Crippen LogP contribution in [-0.4, -0.2) is 36.3 Å². The summed E-state index contributed by atoms with van der Waals surface area (Å²) >= 11 is 0. The topological polar surface area (TPSA) is 112 Å². The van der Waals surface area contributed by atoms with Crippen molar-refractivity contribution in [1.82, 2.24) is 30.3 Å². The third kappa shape index (κ3) is 4.77. The lowest BCUT2D eigenvalue weighted by Crippen LogP contribution is -2.12. The zero-order valence-corrected chi connectivity index (χ0v) is 16.4. The summed E-state index contributed by atoms with van der Waals surface area (Å²) in [5.41, 5.74) is 1.20. The number of hydrogen-bond acceptors (Lipinski definition) is 7. The minimum atomic E-state index is -0.512. The Bertz CT molecular complexity index is 1200. The van der Waals surface area contributed by atoms with E-state index in [1.54, 1.807) is 19.1 Å². The van der Waals surface area contributed by atoms with Crippen LogP contribution < -0.4 is 5.32 Å². The van der Waals surface area contributed by atoms with Crippen LogP contribution >= 0.6 is 0 Å². The van der Waals surface area contributed by atoms with E-state index in [9.17, 15) is 13.6 Å². The molecule has 0 atom stereocenters. The Kier molecular flexibility index (Phi) is 5.74. The van der Waals surface area contributed by atoms with E-state index in [4.69, 9.17) is 4.52 Å². The summed E-state index contributed by atoms with van der Waals surface area (Å²) in [6.07, 6.45) is 1.07. The van der Waals surface area contributed by atoms with Crippen LogP contribution in [0.2, 0.25) is 0 Å². The highest BCUT2D eigenvalue weighted by molar-refractivity contribution is 5.90. The van der Waals surface area contributed by atoms with Gasteiger partial charge in [-0.2, -0.15) is 9.67 Å². The Morgan fingerprint density at radius 1 is 1.16 bits per heavy atom. The van der Waals surface area contributed by atoms with Gasteiger partial charge < -0.3 is 9.84 Å². The number of carbonyl (C=O) groups is 1. The second-order valence-electron chi connectivity index (χ2n) is 6.72. The van der Waals surface area contributed by atoms with Gasteiger partial charge in [-0.25, -0.2) is 8.78 Å². The molecule has 0 unspecified atom stereocenters. The number of rotatable bonds is 7. The first kappa shape index (κ1) is 20.3. The van der Waals surface area contributed by atoms with Gasteiger partial charge in [-0.3, -0.25) is 4.79 Å². The van der Waals surface area contributed by atoms with Gasteiger partial charge in [-0.05, 0) is 66.2 Å². The molecule has 0 radical (unpaired) electrons. The van der Waals surface area contributed by atoms with E-state index in [1.165, 1.54) is 35.0 Å². The highest BCUT2D eigenvalue weighted by Crippen LogP contribution is 2.20. The maximum Gasteiger partial charge on any atom is 0.226 e. The van der Waals surface area contributed by atoms with Crippen molar-refractivity contribution in [2.45, 2.75) is 26.2 Å². The molecule has 11 heteroatoms. The molecule has 1 N–H and O–H groups in total. The highest BCUT2D eigenvalue weighted by atomic mass is 19.1. The quantitative estimate of drug-likeness (QED) is 0.484. The smallest absolute Gasteiger partial charge is 0.226 e. The van der Waals surface area contributed by atoms with Gasteiger partial charge in [-0.15, -0.1) is 5.10 Å². The van der Waals surface area contributed by atoms with Gasteiger partial charge in [0, 0.05) is 24.1 Å². The summed E-state index contributed by atoms with van der Waals surface area (Å²) in [6.45, 7) is 1.64. The van der Waals surface area contributed by atoms with Crippen molar-refractivity contribution in [3.63, 3.8) is 0 Å². The highest BCUT2D eigenvalue weighted by Gasteiger charge is 2.13. The van der Waals surface area contributed by atoms with Crippen LogP contribution in [0.15, 0.2) is 47.0 Å². The Morgan fingerprint density at radius 2 is 1.97 bits per heavy atom. The molecule has 0 aliphatic carbocycles. The van der Waals surface area contributed by atoms with E-state index in [0.29, 0.717) is 41.6 Å². The number of tetrazole rings is 1. The SMILES string of the molecule is Cc1nnnn1-c1cc(NC(=O)CCCc2nc(-c3ccc(F)cc3)no2)ccc1F. The fourth-order valence-corrected chi connectivity index (χ4v) is 2.90. The van der Waals surface area contributed by atoms with E-state index in [-0.39, 0.29) is 23.8 Å². The van der Waals surface area contributed by atoms with Gasteiger partial charge in [0.1, 0.15) is 17.3 Å². The molecule has 0 bridgehead atoms. The molecule has 0 saturated heterocycles. The number of aryl methyl sites for hydroxylation is 2. The first-order chi connectivity index (χ1) is 15.0. The van der Waals surface area contributed by atoms with Crippen molar-refractivity contribution in [3.05, 3.63) is 65.8 Å². The number of aromatic nitrogens is 6. The zero-order chi connectivity index (χ0) is 21.8. The number of nitrogens with zero attached hydrogens (tertiary/aromatic N) is 6. The van der Waals surface area contributed by atoms with Crippen LogP contribution in [0.5, 0.6) is 0 Å². The van der Waals surface area contributed by atoms with Crippen LogP contribution in [0.3, 0.4) is 0 Å². The average molecular weight is 425 g/mol. The first-order valence-corrected chi connectivity index (χ1v) is 9.43. The van der Waals surface area contributed by atoms with Crippen molar-refractivity contribution in [1.29, 1.82) is 0 Å². The largest absolute Gasteiger partial charge is 0.339 e. The van der Waals surface area contributed by atoms with Gasteiger partial charge in [0.2, 0.25) is 17.6 Å². The van der Waals surface area contributed by atoms with Crippen LogP contribution in [0.4, 0.5) is 14.5 Å². The second-order valence-corrected chi connectivity index (χ2v) is 6.72. The van der Waals surface area contributed by atoms with E-state index in [1.807, 2.05) is 0 Å². The average Bonchev–Trinajstić information content (AvgIpc) is 3.39. The zero-order valence-electron chi connectivity index (χ0n) is 16.4. The predicted octanol–water partition coefficient (Wildman–Crippen LogP) is 3.26. The van der Waals surface area contributed by atoms with Crippen molar-refractivity contribution in [2.75, 3.05) is 5.32 Å². The van der Waals surface area contributed by atoms with E-state index >= 15 is 0 Å². The summed E-state index contributed by atoms with van der Waals surface area (Å²) in [5, 5.41) is 17.6. The lowest BCUT2D eigenvalue weighted by molar-refractivity contribution is -0.116. The number of nitrogens with one attached hydrogen (secondary N) is 1. The van der Waals surface area contributed by atoms with Crippen molar-refractivity contribution >= 4 is 11.6 Å². The first-order valence-electron chi connectivity index (χ1n) is 9.43. The third-order valence-electron chi connectivity index (χ3n) is 4.45. The number of halogens is 2. The number of amides is 1. The molecular weight excluding hydrogens is 408 g/mol. The molecule has 31 heavy (non-hydrogen) atoms. The standard InChI is InChI=1S/C20H17F2N7O2/c1-12-25-27-28-29(12)17-11-15(9-10-16(17)22)23-18(30)3-2-4-19-24-20(26-31-19)13-5-7-14(21)8-6-13/h5-11H,2-4H2,1H3,(H,23,30). The monoisotopic (exact) mass is 425 g/mol. The van der Waals surface area contributed by atoms with Crippen LogP contribution in [0, 0.1) is 18.6 Å². The number of hydrogen-bond donors (Lipinski definition) is 1. The number of carbonyl (C=O) groups excluding carboxylic acids is 1. The third-order valence-corrected chi connectivity index (χ3v) is 4.45. The van der Waals surface area contributed by atoms with Crippen LogP contribution in [0.1, 0.15) is 24.6 Å². The molecule has 4 aromatic rings. The minimum Gasteiger partial charge on any atom is -0.339 e. The van der Waals surface area contributed by atoms with Crippen LogP contribution in [0.25, 0.3) is 17.1 Å². The van der Waals surface area contributed by atoms with E-state index < -0.39 is 5.82 Å². The van der Waals surface area contributed by atoms with Gasteiger partial charge in [0.25, 0.3) is 0 Å². The Balaban J connectivity index is 1.32. The Labute approximate surface area is 175 Å². The molecule has 2 heterocycles. The fraction of sp³-hybridized carbons (Fsp3) is 0.200. The molecule has 158 valence electrons. The summed E-state index contributed by atoms with van der Waals surface area (Å²) in [7, 11) is 0. The van der Waals surface area contributed by atoms with Crippen molar-refractivity contribution in [3.8, 4) is 17.1 Å². The summed E-state index contributed by atoms with van der Waals surface area (Å²) < 4.78 is 33.6. The van der Waals surface area contributed by atoms with Crippen molar-refractivity contribution in [2.24, 2.45) is 0 Å². The predicted molar refractivity (Wildman–Crippen MR) is 105 cm³/mol. The molecule has 9 nitrogen and oxygen atoms in total. The lowest BCUT2D eigenvalue weighted by Gasteiger charge is -2.08. The molecule has 0 aliphatic rings. The maximum atomic E-state index is 14.1. The summed E-state index contributed by atoms with van der Waals surface area (Å²) in [5.74, 6) is 0.0503. The molecule has 0 saturated carbocycles. The van der Waals surface area contributed by atoms with Gasteiger partial charge >= 0.3 is 0 Å². The van der Waals surface area contributed by atoms with Gasteiger partial charge in [0.05, 0.1) is 0 Å². The van der Waals surface area contributed by atoms with E-state index in [2.05, 4.69) is 31.0 Å². The second kappa shape index (κ2) is 8.78. The molecular formula is C20H17F2N7O2. The minimum absolute atomic E-state index is 0.138. The Hall–Kier alpha value is -4.02. The molecule has 0 aliphatic heterocycles. The molecule has 1 amide bonds. The van der Waals surface area contributed by atoms with Crippen LogP contribution in [-0.2, 0) is 11.2 Å². The molecule has 4 rings (SSSR count). The van der Waals surface area contributed by atoms with Crippen molar-refractivity contribution < 1.29 is 18.1 Å². The summed E-state index contributed by atoms with van der Waals surface area (Å²) in [4.78, 5) is 16.5. The number of benzene rings is 2. The van der Waals surface area contributed by atoms with Gasteiger partial charge in [-0.1, -0.05) is 5.16 Å². The molecule has 2 aromatic heterocycles. The lowest BCUT2D eigenvalue weighted by atomic mass is 10.2. The Morgan fingerprint density at radius 3 is 2.71 bits per heavy atom. The molecule has 2 aromatic carbocycles.